The first kappa shape index (κ1) is 22.1. The van der Waals surface area contributed by atoms with Crippen molar-refractivity contribution in [2.24, 2.45) is 5.92 Å². The fourth-order valence-corrected chi connectivity index (χ4v) is 4.62. The lowest BCUT2D eigenvalue weighted by Crippen LogP contribution is -2.44. The highest BCUT2D eigenvalue weighted by atomic mass is 16.5. The molecule has 2 fully saturated rings. The summed E-state index contributed by atoms with van der Waals surface area (Å²) >= 11 is 0. The zero-order valence-corrected chi connectivity index (χ0v) is 19.6. The molecule has 0 bridgehead atoms. The SMILES string of the molecule is CCCNC(=O)Nc1ccc(-c2nc3c(c(N4CCOCC4C)n2)CN(CC2CC2)C3)cc1. The van der Waals surface area contributed by atoms with Crippen molar-refractivity contribution in [2.45, 2.75) is 52.2 Å². The molecule has 5 rings (SSSR count). The Balaban J connectivity index is 1.41. The third-order valence-electron chi connectivity index (χ3n) is 6.62. The maximum atomic E-state index is 11.9. The lowest BCUT2D eigenvalue weighted by atomic mass is 10.1. The van der Waals surface area contributed by atoms with Gasteiger partial charge in [-0.1, -0.05) is 6.92 Å². The smallest absolute Gasteiger partial charge is 0.319 e. The number of aromatic nitrogens is 2. The lowest BCUT2D eigenvalue weighted by Gasteiger charge is -2.35. The van der Waals surface area contributed by atoms with Gasteiger partial charge in [-0.15, -0.1) is 0 Å². The Labute approximate surface area is 195 Å². The van der Waals surface area contributed by atoms with Crippen LogP contribution in [0.4, 0.5) is 16.3 Å². The third kappa shape index (κ3) is 5.12. The van der Waals surface area contributed by atoms with Crippen molar-refractivity contribution in [2.75, 3.05) is 43.1 Å². The van der Waals surface area contributed by atoms with Crippen LogP contribution in [0.15, 0.2) is 24.3 Å². The summed E-state index contributed by atoms with van der Waals surface area (Å²) in [7, 11) is 0. The minimum absolute atomic E-state index is 0.183. The monoisotopic (exact) mass is 450 g/mol. The van der Waals surface area contributed by atoms with Crippen LogP contribution in [0.5, 0.6) is 0 Å². The zero-order valence-electron chi connectivity index (χ0n) is 19.6. The minimum Gasteiger partial charge on any atom is -0.377 e. The molecule has 176 valence electrons. The van der Waals surface area contributed by atoms with Crippen LogP contribution in [0.1, 0.15) is 44.4 Å². The van der Waals surface area contributed by atoms with Gasteiger partial charge in [0.15, 0.2) is 5.82 Å². The number of morpholine rings is 1. The molecule has 2 N–H and O–H groups in total. The molecule has 0 spiro atoms. The Morgan fingerprint density at radius 1 is 1.18 bits per heavy atom. The second-order valence-electron chi connectivity index (χ2n) is 9.48. The molecule has 1 saturated carbocycles. The van der Waals surface area contributed by atoms with Crippen molar-refractivity contribution in [3.63, 3.8) is 0 Å². The second-order valence-corrected chi connectivity index (χ2v) is 9.48. The molecule has 8 heteroatoms. The molecule has 1 aromatic carbocycles. The van der Waals surface area contributed by atoms with E-state index in [4.69, 9.17) is 14.7 Å². The average Bonchev–Trinajstić information content (AvgIpc) is 3.54. The largest absolute Gasteiger partial charge is 0.377 e. The number of hydrogen-bond donors (Lipinski definition) is 2. The van der Waals surface area contributed by atoms with Crippen LogP contribution in [0.3, 0.4) is 0 Å². The zero-order chi connectivity index (χ0) is 22.8. The Hall–Kier alpha value is -2.71. The van der Waals surface area contributed by atoms with E-state index in [-0.39, 0.29) is 12.1 Å². The summed E-state index contributed by atoms with van der Waals surface area (Å²) in [6, 6.07) is 7.90. The molecule has 2 amide bonds. The van der Waals surface area contributed by atoms with Gasteiger partial charge < -0.3 is 20.3 Å². The van der Waals surface area contributed by atoms with Crippen molar-refractivity contribution in [3.8, 4) is 11.4 Å². The van der Waals surface area contributed by atoms with Gasteiger partial charge in [-0.3, -0.25) is 4.90 Å². The summed E-state index contributed by atoms with van der Waals surface area (Å²) in [5.74, 6) is 2.66. The fourth-order valence-electron chi connectivity index (χ4n) is 4.62. The van der Waals surface area contributed by atoms with Gasteiger partial charge in [-0.05, 0) is 56.4 Å². The predicted molar refractivity (Wildman–Crippen MR) is 129 cm³/mol. The second kappa shape index (κ2) is 9.65. The van der Waals surface area contributed by atoms with Crippen LogP contribution in [0.2, 0.25) is 0 Å². The molecule has 2 aromatic rings. The van der Waals surface area contributed by atoms with Gasteiger partial charge in [-0.2, -0.15) is 0 Å². The highest BCUT2D eigenvalue weighted by Crippen LogP contribution is 2.37. The van der Waals surface area contributed by atoms with E-state index in [9.17, 15) is 4.79 Å². The minimum atomic E-state index is -0.183. The number of urea groups is 1. The van der Waals surface area contributed by atoms with E-state index in [0.29, 0.717) is 6.54 Å². The first-order valence-corrected chi connectivity index (χ1v) is 12.2. The first-order valence-electron chi connectivity index (χ1n) is 12.2. The predicted octanol–water partition coefficient (Wildman–Crippen LogP) is 3.63. The summed E-state index contributed by atoms with van der Waals surface area (Å²) in [5, 5.41) is 5.71. The Bertz CT molecular complexity index is 991. The Morgan fingerprint density at radius 3 is 2.73 bits per heavy atom. The molecule has 8 nitrogen and oxygen atoms in total. The van der Waals surface area contributed by atoms with Gasteiger partial charge >= 0.3 is 6.03 Å². The molecule has 1 unspecified atom stereocenters. The van der Waals surface area contributed by atoms with E-state index in [1.807, 2.05) is 31.2 Å². The maximum absolute atomic E-state index is 11.9. The highest BCUT2D eigenvalue weighted by Gasteiger charge is 2.33. The molecular formula is C25H34N6O2. The maximum Gasteiger partial charge on any atom is 0.319 e. The van der Waals surface area contributed by atoms with Crippen LogP contribution in [-0.4, -0.2) is 59.8 Å². The normalized spacial score (nSPS) is 20.5. The number of nitrogens with zero attached hydrogens (tertiary/aromatic N) is 4. The van der Waals surface area contributed by atoms with Gasteiger partial charge in [0, 0.05) is 49.5 Å². The number of carbonyl (C=O) groups excluding carboxylic acids is 1. The molecule has 0 radical (unpaired) electrons. The third-order valence-corrected chi connectivity index (χ3v) is 6.62. The molecule has 1 aliphatic carbocycles. The number of benzene rings is 1. The van der Waals surface area contributed by atoms with Crippen molar-refractivity contribution in [3.05, 3.63) is 35.5 Å². The van der Waals surface area contributed by atoms with Crippen LogP contribution in [0.25, 0.3) is 11.4 Å². The van der Waals surface area contributed by atoms with Crippen LogP contribution in [0, 0.1) is 5.92 Å². The number of amides is 2. The number of carbonyl (C=O) groups is 1. The van der Waals surface area contributed by atoms with E-state index in [1.54, 1.807) is 0 Å². The number of rotatable bonds is 7. The van der Waals surface area contributed by atoms with E-state index < -0.39 is 0 Å². The fraction of sp³-hybridized carbons (Fsp3) is 0.560. The van der Waals surface area contributed by atoms with Crippen LogP contribution in [-0.2, 0) is 17.8 Å². The Morgan fingerprint density at radius 2 is 2.00 bits per heavy atom. The molecule has 2 aliphatic heterocycles. The van der Waals surface area contributed by atoms with Gasteiger partial charge in [0.2, 0.25) is 0 Å². The molecule has 1 saturated heterocycles. The molecular weight excluding hydrogens is 416 g/mol. The summed E-state index contributed by atoms with van der Waals surface area (Å²) < 4.78 is 5.68. The van der Waals surface area contributed by atoms with Gasteiger partial charge in [-0.25, -0.2) is 14.8 Å². The van der Waals surface area contributed by atoms with Gasteiger partial charge in [0.05, 0.1) is 24.9 Å². The number of nitrogens with one attached hydrogen (secondary N) is 2. The molecule has 3 aliphatic rings. The number of anilines is 2. The van der Waals surface area contributed by atoms with E-state index in [2.05, 4.69) is 27.4 Å². The average molecular weight is 451 g/mol. The van der Waals surface area contributed by atoms with Gasteiger partial charge in [0.1, 0.15) is 5.82 Å². The van der Waals surface area contributed by atoms with Crippen molar-refractivity contribution < 1.29 is 9.53 Å². The van der Waals surface area contributed by atoms with Crippen molar-refractivity contribution in [1.29, 1.82) is 0 Å². The first-order chi connectivity index (χ1) is 16.1. The van der Waals surface area contributed by atoms with E-state index in [1.165, 1.54) is 18.4 Å². The highest BCUT2D eigenvalue weighted by molar-refractivity contribution is 5.89. The molecule has 33 heavy (non-hydrogen) atoms. The van der Waals surface area contributed by atoms with Gasteiger partial charge in [0.25, 0.3) is 0 Å². The lowest BCUT2D eigenvalue weighted by molar-refractivity contribution is 0.0984. The summed E-state index contributed by atoms with van der Waals surface area (Å²) in [6.07, 6.45) is 3.62. The van der Waals surface area contributed by atoms with Crippen molar-refractivity contribution >= 4 is 17.5 Å². The molecule has 3 heterocycles. The number of ether oxygens (including phenoxy) is 1. The molecule has 1 aromatic heterocycles. The molecule has 1 atom stereocenters. The summed E-state index contributed by atoms with van der Waals surface area (Å²) in [6.45, 7) is 10.2. The van der Waals surface area contributed by atoms with E-state index in [0.717, 1.165) is 80.3 Å². The van der Waals surface area contributed by atoms with Crippen LogP contribution >= 0.6 is 0 Å². The van der Waals surface area contributed by atoms with Crippen molar-refractivity contribution in [1.82, 2.24) is 20.2 Å². The number of fused-ring (bicyclic) bond motifs is 1. The summed E-state index contributed by atoms with van der Waals surface area (Å²) in [4.78, 5) is 26.9. The van der Waals surface area contributed by atoms with E-state index >= 15 is 0 Å². The van der Waals surface area contributed by atoms with Crippen LogP contribution < -0.4 is 15.5 Å². The summed E-state index contributed by atoms with van der Waals surface area (Å²) in [5.41, 5.74) is 4.14. The Kier molecular flexibility index (Phi) is 6.46. The number of hydrogen-bond acceptors (Lipinski definition) is 6. The standard InChI is InChI=1S/C25H34N6O2/c1-3-10-26-25(32)27-20-8-6-19(7-9-20)23-28-22-15-30(13-18-4-5-18)14-21(22)24(29-23)31-11-12-33-16-17(31)2/h6-9,17-18H,3-5,10-16H2,1-2H3,(H2,26,27,32). The topological polar surface area (TPSA) is 82.6 Å². The quantitative estimate of drug-likeness (QED) is 0.670.